The summed E-state index contributed by atoms with van der Waals surface area (Å²) in [6.45, 7) is 2.20. The fraction of sp³-hybridized carbons (Fsp3) is 0.727. The number of unbranched alkanes of at least 4 members (excludes halogenated alkanes) is 4. The van der Waals surface area contributed by atoms with Crippen molar-refractivity contribution >= 4 is 22.9 Å². The van der Waals surface area contributed by atoms with Crippen molar-refractivity contribution < 1.29 is 5.11 Å². The van der Waals surface area contributed by atoms with E-state index in [0.29, 0.717) is 4.34 Å². The van der Waals surface area contributed by atoms with E-state index in [2.05, 4.69) is 11.9 Å². The lowest BCUT2D eigenvalue weighted by Crippen LogP contribution is -1.96. The molecule has 0 aliphatic carbocycles. The minimum atomic E-state index is -0.427. The summed E-state index contributed by atoms with van der Waals surface area (Å²) in [5, 5.41) is 10.5. The highest BCUT2D eigenvalue weighted by molar-refractivity contribution is 7.15. The molecular formula is C11H18ClNOS. The molecule has 0 bridgehead atoms. The van der Waals surface area contributed by atoms with Gasteiger partial charge in [-0.2, -0.15) is 0 Å². The van der Waals surface area contributed by atoms with Crippen molar-refractivity contribution in [1.82, 2.24) is 4.98 Å². The molecule has 1 atom stereocenters. The first kappa shape index (κ1) is 12.9. The van der Waals surface area contributed by atoms with Crippen molar-refractivity contribution in [3.05, 3.63) is 15.5 Å². The number of aliphatic hydroxyl groups is 1. The highest BCUT2D eigenvalue weighted by Crippen LogP contribution is 2.27. The molecule has 1 aromatic heterocycles. The monoisotopic (exact) mass is 247 g/mol. The maximum atomic E-state index is 9.78. The van der Waals surface area contributed by atoms with Gasteiger partial charge in [0, 0.05) is 0 Å². The first-order valence-electron chi connectivity index (χ1n) is 5.53. The molecular weight excluding hydrogens is 230 g/mol. The zero-order valence-electron chi connectivity index (χ0n) is 9.08. The van der Waals surface area contributed by atoms with Crippen LogP contribution in [0.25, 0.3) is 0 Å². The second kappa shape index (κ2) is 7.20. The summed E-state index contributed by atoms with van der Waals surface area (Å²) in [5.41, 5.74) is 0. The quantitative estimate of drug-likeness (QED) is 0.733. The minimum Gasteiger partial charge on any atom is -0.386 e. The number of aliphatic hydroxyl groups excluding tert-OH is 1. The number of thiazole rings is 1. The molecule has 0 amide bonds. The summed E-state index contributed by atoms with van der Waals surface area (Å²) in [6, 6.07) is 0. The summed E-state index contributed by atoms with van der Waals surface area (Å²) < 4.78 is 0.648. The Labute approximate surface area is 100 Å². The van der Waals surface area contributed by atoms with Crippen LogP contribution in [0.2, 0.25) is 4.34 Å². The fourth-order valence-corrected chi connectivity index (χ4v) is 2.44. The van der Waals surface area contributed by atoms with Gasteiger partial charge in [-0.15, -0.1) is 11.3 Å². The number of halogens is 1. The molecule has 4 heteroatoms. The Hall–Kier alpha value is -0.120. The van der Waals surface area contributed by atoms with Crippen LogP contribution in [-0.4, -0.2) is 10.1 Å². The van der Waals surface area contributed by atoms with E-state index < -0.39 is 6.10 Å². The molecule has 0 aromatic carbocycles. The zero-order valence-corrected chi connectivity index (χ0v) is 10.7. The first-order chi connectivity index (χ1) is 7.24. The molecule has 1 unspecified atom stereocenters. The molecule has 1 aromatic rings. The molecule has 0 saturated carbocycles. The van der Waals surface area contributed by atoms with Gasteiger partial charge in [0.2, 0.25) is 0 Å². The largest absolute Gasteiger partial charge is 0.386 e. The van der Waals surface area contributed by atoms with Crippen LogP contribution in [0.1, 0.15) is 56.6 Å². The van der Waals surface area contributed by atoms with Crippen molar-refractivity contribution in [2.24, 2.45) is 0 Å². The van der Waals surface area contributed by atoms with Gasteiger partial charge in [-0.3, -0.25) is 0 Å². The highest BCUT2D eigenvalue weighted by Gasteiger charge is 2.11. The molecule has 0 radical (unpaired) electrons. The van der Waals surface area contributed by atoms with Gasteiger partial charge in [0.25, 0.3) is 0 Å². The van der Waals surface area contributed by atoms with Gasteiger partial charge in [0.15, 0.2) is 0 Å². The number of hydrogen-bond donors (Lipinski definition) is 1. The van der Waals surface area contributed by atoms with Gasteiger partial charge in [-0.25, -0.2) is 4.98 Å². The lowest BCUT2D eigenvalue weighted by atomic mass is 10.1. The first-order valence-corrected chi connectivity index (χ1v) is 6.72. The summed E-state index contributed by atoms with van der Waals surface area (Å²) in [6.07, 6.45) is 8.05. The minimum absolute atomic E-state index is 0.427. The molecule has 15 heavy (non-hydrogen) atoms. The van der Waals surface area contributed by atoms with E-state index in [9.17, 15) is 5.11 Å². The Morgan fingerprint density at radius 3 is 2.73 bits per heavy atom. The topological polar surface area (TPSA) is 33.1 Å². The van der Waals surface area contributed by atoms with Crippen LogP contribution in [0.15, 0.2) is 6.20 Å². The molecule has 2 nitrogen and oxygen atoms in total. The molecule has 86 valence electrons. The Morgan fingerprint density at radius 1 is 1.40 bits per heavy atom. The Bertz CT molecular complexity index is 277. The number of hydrogen-bond acceptors (Lipinski definition) is 3. The van der Waals surface area contributed by atoms with Crippen LogP contribution in [0.5, 0.6) is 0 Å². The van der Waals surface area contributed by atoms with Crippen molar-refractivity contribution in [3.8, 4) is 0 Å². The number of aromatic nitrogens is 1. The molecule has 0 spiro atoms. The molecule has 1 heterocycles. The Balaban J connectivity index is 2.16. The molecule has 1 rings (SSSR count). The average Bonchev–Trinajstić information content (AvgIpc) is 2.64. The lowest BCUT2D eigenvalue weighted by Gasteiger charge is -2.06. The maximum absolute atomic E-state index is 9.78. The van der Waals surface area contributed by atoms with E-state index in [1.165, 1.54) is 37.0 Å². The van der Waals surface area contributed by atoms with E-state index in [4.69, 9.17) is 11.6 Å². The predicted molar refractivity (Wildman–Crippen MR) is 65.5 cm³/mol. The second-order valence-electron chi connectivity index (χ2n) is 3.72. The number of rotatable bonds is 7. The Kier molecular flexibility index (Phi) is 6.22. The van der Waals surface area contributed by atoms with Crippen molar-refractivity contribution in [2.45, 2.75) is 51.6 Å². The number of nitrogens with zero attached hydrogens (tertiary/aromatic N) is 1. The molecule has 1 N–H and O–H groups in total. The van der Waals surface area contributed by atoms with Crippen LogP contribution in [0.3, 0.4) is 0 Å². The predicted octanol–water partition coefficient (Wildman–Crippen LogP) is 4.19. The third-order valence-electron chi connectivity index (χ3n) is 2.36. The van der Waals surface area contributed by atoms with Crippen LogP contribution in [0.4, 0.5) is 0 Å². The Morgan fingerprint density at radius 2 is 2.13 bits per heavy atom. The normalized spacial score (nSPS) is 13.0. The van der Waals surface area contributed by atoms with Gasteiger partial charge in [0.1, 0.15) is 15.4 Å². The van der Waals surface area contributed by atoms with Crippen molar-refractivity contribution in [1.29, 1.82) is 0 Å². The maximum Gasteiger partial charge on any atom is 0.123 e. The average molecular weight is 248 g/mol. The SMILES string of the molecule is CCCCCCCC(O)c1ncc(Cl)s1. The second-order valence-corrected chi connectivity index (χ2v) is 5.41. The van der Waals surface area contributed by atoms with Gasteiger partial charge in [0.05, 0.1) is 6.20 Å². The van der Waals surface area contributed by atoms with E-state index in [0.717, 1.165) is 17.8 Å². The smallest absolute Gasteiger partial charge is 0.123 e. The van der Waals surface area contributed by atoms with Crippen LogP contribution >= 0.6 is 22.9 Å². The van der Waals surface area contributed by atoms with Gasteiger partial charge in [-0.1, -0.05) is 50.6 Å². The molecule has 0 saturated heterocycles. The summed E-state index contributed by atoms with van der Waals surface area (Å²) >= 11 is 7.12. The van der Waals surface area contributed by atoms with E-state index in [1.807, 2.05) is 0 Å². The van der Waals surface area contributed by atoms with Gasteiger partial charge >= 0.3 is 0 Å². The van der Waals surface area contributed by atoms with Gasteiger partial charge in [-0.05, 0) is 6.42 Å². The van der Waals surface area contributed by atoms with Crippen LogP contribution in [-0.2, 0) is 0 Å². The third-order valence-corrected chi connectivity index (χ3v) is 3.58. The van der Waals surface area contributed by atoms with Crippen molar-refractivity contribution in [3.63, 3.8) is 0 Å². The molecule has 0 fully saturated rings. The van der Waals surface area contributed by atoms with E-state index in [1.54, 1.807) is 6.20 Å². The van der Waals surface area contributed by atoms with Crippen molar-refractivity contribution in [2.75, 3.05) is 0 Å². The lowest BCUT2D eigenvalue weighted by molar-refractivity contribution is 0.163. The zero-order chi connectivity index (χ0) is 11.1. The standard InChI is InChI=1S/C11H18ClNOS/c1-2-3-4-5-6-7-9(14)11-13-8-10(12)15-11/h8-9,14H,2-7H2,1H3. The molecule has 0 aliphatic rings. The highest BCUT2D eigenvalue weighted by atomic mass is 35.5. The summed E-state index contributed by atoms with van der Waals surface area (Å²) in [7, 11) is 0. The summed E-state index contributed by atoms with van der Waals surface area (Å²) in [5.74, 6) is 0. The third kappa shape index (κ3) is 4.96. The van der Waals surface area contributed by atoms with E-state index >= 15 is 0 Å². The van der Waals surface area contributed by atoms with Gasteiger partial charge < -0.3 is 5.11 Å². The van der Waals surface area contributed by atoms with Crippen LogP contribution in [0, 0.1) is 0 Å². The molecule has 0 aliphatic heterocycles. The van der Waals surface area contributed by atoms with Crippen LogP contribution < -0.4 is 0 Å². The summed E-state index contributed by atoms with van der Waals surface area (Å²) in [4.78, 5) is 4.07. The van der Waals surface area contributed by atoms with E-state index in [-0.39, 0.29) is 0 Å². The fourth-order valence-electron chi connectivity index (χ4n) is 1.49.